The van der Waals surface area contributed by atoms with E-state index in [1.54, 1.807) is 7.05 Å². The Balaban J connectivity index is 2.44. The highest BCUT2D eigenvalue weighted by Gasteiger charge is 2.30. The second-order valence-electron chi connectivity index (χ2n) is 3.65. The molecular weight excluding hydrogens is 243 g/mol. The molecule has 6 heteroatoms. The standard InChI is InChI=1S/C12H7F3N3/c1-18-7-9(6-16)11(17-18)8-2-4-10(5-3-8)12(13,14)15/h2-5H,1H3. The average molecular weight is 250 g/mol. The van der Waals surface area contributed by atoms with Crippen molar-refractivity contribution in [2.24, 2.45) is 7.05 Å². The van der Waals surface area contributed by atoms with Crippen LogP contribution in [0, 0.1) is 17.5 Å². The van der Waals surface area contributed by atoms with Gasteiger partial charge in [0.25, 0.3) is 0 Å². The predicted octanol–water partition coefficient (Wildman–Crippen LogP) is 2.78. The highest BCUT2D eigenvalue weighted by molar-refractivity contribution is 5.66. The van der Waals surface area contributed by atoms with Crippen LogP contribution in [-0.4, -0.2) is 9.78 Å². The van der Waals surface area contributed by atoms with Gasteiger partial charge in [-0.25, -0.2) is 0 Å². The van der Waals surface area contributed by atoms with Crippen LogP contribution in [-0.2, 0) is 13.2 Å². The average Bonchev–Trinajstić information content (AvgIpc) is 2.69. The molecule has 1 aromatic carbocycles. The third-order valence-electron chi connectivity index (χ3n) is 2.36. The Morgan fingerprint density at radius 2 is 1.89 bits per heavy atom. The number of nitriles is 1. The summed E-state index contributed by atoms with van der Waals surface area (Å²) in [5.41, 5.74) is 0.257. The Labute approximate surface area is 101 Å². The molecule has 0 atom stereocenters. The third kappa shape index (κ3) is 2.20. The number of alkyl halides is 3. The summed E-state index contributed by atoms with van der Waals surface area (Å²) in [5, 5.41) is 12.9. The van der Waals surface area contributed by atoms with Gasteiger partial charge in [-0.2, -0.15) is 23.5 Å². The van der Waals surface area contributed by atoms with Crippen LogP contribution in [0.25, 0.3) is 11.3 Å². The van der Waals surface area contributed by atoms with Crippen molar-refractivity contribution in [1.29, 1.82) is 5.26 Å². The molecular formula is C12H7F3N3. The molecule has 0 amide bonds. The molecule has 1 radical (unpaired) electrons. The fourth-order valence-corrected chi connectivity index (χ4v) is 1.54. The number of aromatic nitrogens is 2. The van der Waals surface area contributed by atoms with E-state index in [0.29, 0.717) is 11.3 Å². The monoisotopic (exact) mass is 250 g/mol. The van der Waals surface area contributed by atoms with Gasteiger partial charge in [-0.05, 0) is 12.1 Å². The van der Waals surface area contributed by atoms with Crippen LogP contribution in [0.4, 0.5) is 13.2 Å². The molecule has 91 valence electrons. The van der Waals surface area contributed by atoms with E-state index in [-0.39, 0.29) is 5.56 Å². The van der Waals surface area contributed by atoms with Crippen LogP contribution in [0.15, 0.2) is 24.3 Å². The Kier molecular flexibility index (Phi) is 2.83. The summed E-state index contributed by atoms with van der Waals surface area (Å²) in [7, 11) is 1.59. The zero-order valence-corrected chi connectivity index (χ0v) is 9.28. The number of benzene rings is 1. The first-order chi connectivity index (χ1) is 8.41. The van der Waals surface area contributed by atoms with Crippen LogP contribution in [0.1, 0.15) is 11.1 Å². The van der Waals surface area contributed by atoms with Gasteiger partial charge < -0.3 is 0 Å². The van der Waals surface area contributed by atoms with Crippen molar-refractivity contribution in [3.63, 3.8) is 0 Å². The number of aryl methyl sites for hydroxylation is 1. The Hall–Kier alpha value is -2.29. The lowest BCUT2D eigenvalue weighted by Gasteiger charge is -2.06. The smallest absolute Gasteiger partial charge is 0.264 e. The quantitative estimate of drug-likeness (QED) is 0.780. The van der Waals surface area contributed by atoms with Gasteiger partial charge >= 0.3 is 6.18 Å². The largest absolute Gasteiger partial charge is 0.416 e. The van der Waals surface area contributed by atoms with Crippen molar-refractivity contribution >= 4 is 0 Å². The second-order valence-corrected chi connectivity index (χ2v) is 3.65. The predicted molar refractivity (Wildman–Crippen MR) is 57.2 cm³/mol. The van der Waals surface area contributed by atoms with Gasteiger partial charge in [0.1, 0.15) is 23.5 Å². The lowest BCUT2D eigenvalue weighted by atomic mass is 10.1. The van der Waals surface area contributed by atoms with E-state index in [0.717, 1.165) is 12.1 Å². The van der Waals surface area contributed by atoms with E-state index in [1.807, 2.05) is 6.07 Å². The molecule has 0 saturated heterocycles. The van der Waals surface area contributed by atoms with Gasteiger partial charge in [0.15, 0.2) is 0 Å². The molecule has 3 nitrogen and oxygen atoms in total. The van der Waals surface area contributed by atoms with Crippen LogP contribution in [0.2, 0.25) is 0 Å². The van der Waals surface area contributed by atoms with Crippen molar-refractivity contribution in [3.05, 3.63) is 41.6 Å². The molecule has 1 heterocycles. The summed E-state index contributed by atoms with van der Waals surface area (Å²) in [6.07, 6.45) is -1.71. The van der Waals surface area contributed by atoms with Gasteiger partial charge in [0, 0.05) is 12.6 Å². The SMILES string of the molecule is Cn1[c]c(C#N)c(-c2ccc(C(F)(F)F)cc2)n1. The van der Waals surface area contributed by atoms with Crippen molar-refractivity contribution in [1.82, 2.24) is 9.78 Å². The van der Waals surface area contributed by atoms with Gasteiger partial charge in [-0.1, -0.05) is 12.1 Å². The van der Waals surface area contributed by atoms with E-state index < -0.39 is 11.7 Å². The minimum atomic E-state index is -4.37. The van der Waals surface area contributed by atoms with E-state index in [4.69, 9.17) is 5.26 Å². The Bertz CT molecular complexity index is 603. The zero-order valence-electron chi connectivity index (χ0n) is 9.28. The van der Waals surface area contributed by atoms with Crippen molar-refractivity contribution in [2.75, 3.05) is 0 Å². The lowest BCUT2D eigenvalue weighted by molar-refractivity contribution is -0.137. The molecule has 0 spiro atoms. The number of hydrogen-bond acceptors (Lipinski definition) is 2. The summed E-state index contributed by atoms with van der Waals surface area (Å²) < 4.78 is 38.5. The molecule has 0 unspecified atom stereocenters. The molecule has 0 N–H and O–H groups in total. The Morgan fingerprint density at radius 1 is 1.28 bits per heavy atom. The molecule has 0 aliphatic rings. The highest BCUT2D eigenvalue weighted by Crippen LogP contribution is 2.31. The molecule has 0 bridgehead atoms. The fourth-order valence-electron chi connectivity index (χ4n) is 1.54. The maximum absolute atomic E-state index is 12.4. The summed E-state index contributed by atoms with van der Waals surface area (Å²) in [5.74, 6) is 0. The van der Waals surface area contributed by atoms with E-state index >= 15 is 0 Å². The van der Waals surface area contributed by atoms with Gasteiger partial charge in [0.05, 0.1) is 5.56 Å². The zero-order chi connectivity index (χ0) is 13.3. The minimum absolute atomic E-state index is 0.206. The first-order valence-corrected chi connectivity index (χ1v) is 4.96. The lowest BCUT2D eigenvalue weighted by Crippen LogP contribution is -2.04. The van der Waals surface area contributed by atoms with Gasteiger partial charge in [-0.3, -0.25) is 4.68 Å². The number of nitrogens with zero attached hydrogens (tertiary/aromatic N) is 3. The van der Waals surface area contributed by atoms with E-state index in [9.17, 15) is 13.2 Å². The number of hydrogen-bond donors (Lipinski definition) is 0. The van der Waals surface area contributed by atoms with Crippen molar-refractivity contribution < 1.29 is 13.2 Å². The van der Waals surface area contributed by atoms with Crippen LogP contribution < -0.4 is 0 Å². The summed E-state index contributed by atoms with van der Waals surface area (Å²) in [4.78, 5) is 0. The number of rotatable bonds is 1. The summed E-state index contributed by atoms with van der Waals surface area (Å²) >= 11 is 0. The molecule has 1 aromatic heterocycles. The molecule has 0 aliphatic carbocycles. The van der Waals surface area contributed by atoms with Gasteiger partial charge in [0.2, 0.25) is 0 Å². The topological polar surface area (TPSA) is 41.6 Å². The van der Waals surface area contributed by atoms with Gasteiger partial charge in [-0.15, -0.1) is 0 Å². The second kappa shape index (κ2) is 4.18. The fraction of sp³-hybridized carbons (Fsp3) is 0.167. The van der Waals surface area contributed by atoms with Crippen molar-refractivity contribution in [2.45, 2.75) is 6.18 Å². The molecule has 0 saturated carbocycles. The number of halogens is 3. The molecule has 2 rings (SSSR count). The normalized spacial score (nSPS) is 11.3. The maximum Gasteiger partial charge on any atom is 0.416 e. The van der Waals surface area contributed by atoms with Crippen LogP contribution in [0.5, 0.6) is 0 Å². The Morgan fingerprint density at radius 3 is 2.39 bits per heavy atom. The first-order valence-electron chi connectivity index (χ1n) is 4.96. The molecule has 0 aliphatic heterocycles. The van der Waals surface area contributed by atoms with Crippen molar-refractivity contribution in [3.8, 4) is 17.3 Å². The summed E-state index contributed by atoms with van der Waals surface area (Å²) in [6, 6.07) is 6.41. The minimum Gasteiger partial charge on any atom is -0.264 e. The summed E-state index contributed by atoms with van der Waals surface area (Å²) in [6.45, 7) is 0. The molecule has 0 fully saturated rings. The molecule has 2 aromatic rings. The maximum atomic E-state index is 12.4. The van der Waals surface area contributed by atoms with Crippen LogP contribution >= 0.6 is 0 Å². The van der Waals surface area contributed by atoms with E-state index in [2.05, 4.69) is 11.3 Å². The highest BCUT2D eigenvalue weighted by atomic mass is 19.4. The van der Waals surface area contributed by atoms with Crippen LogP contribution in [0.3, 0.4) is 0 Å². The molecule has 18 heavy (non-hydrogen) atoms. The van der Waals surface area contributed by atoms with E-state index in [1.165, 1.54) is 16.8 Å². The third-order valence-corrected chi connectivity index (χ3v) is 2.36. The first kappa shape index (κ1) is 12.2.